The van der Waals surface area contributed by atoms with Crippen LogP contribution in [0.5, 0.6) is 0 Å². The molecule has 3 nitrogen and oxygen atoms in total. The zero-order chi connectivity index (χ0) is 17.1. The number of hydrogen-bond donors (Lipinski definition) is 1. The number of carbonyl (C=O) groups is 1. The molecule has 1 aliphatic heterocycles. The Morgan fingerprint density at radius 3 is 2.17 bits per heavy atom. The largest absolute Gasteiger partial charge is 0.381 e. The Labute approximate surface area is 140 Å². The second-order valence-corrected chi connectivity index (χ2v) is 8.64. The second-order valence-electron chi connectivity index (χ2n) is 8.64. The highest BCUT2D eigenvalue weighted by atomic mass is 16.5. The Balaban J connectivity index is 2.25. The standard InChI is InChI=1S/C20H31NO2/c1-18(2,3)15-19(4,5)21-17(22)20(11-13-23-14-12-20)16-9-7-6-8-10-16/h6-10H,11-15H2,1-5H3,(H,21,22). The fourth-order valence-corrected chi connectivity index (χ4v) is 3.92. The molecule has 0 spiro atoms. The maximum Gasteiger partial charge on any atom is 0.231 e. The Hall–Kier alpha value is -1.35. The quantitative estimate of drug-likeness (QED) is 0.909. The van der Waals surface area contributed by atoms with E-state index in [-0.39, 0.29) is 16.9 Å². The van der Waals surface area contributed by atoms with Crippen molar-refractivity contribution in [1.29, 1.82) is 0 Å². The van der Waals surface area contributed by atoms with E-state index in [0.717, 1.165) is 24.8 Å². The molecule has 0 aliphatic carbocycles. The van der Waals surface area contributed by atoms with Crippen LogP contribution in [-0.2, 0) is 14.9 Å². The molecule has 1 amide bonds. The van der Waals surface area contributed by atoms with Gasteiger partial charge in [-0.15, -0.1) is 0 Å². The summed E-state index contributed by atoms with van der Waals surface area (Å²) < 4.78 is 5.53. The van der Waals surface area contributed by atoms with Crippen molar-refractivity contribution >= 4 is 5.91 Å². The summed E-state index contributed by atoms with van der Waals surface area (Å²) in [7, 11) is 0. The van der Waals surface area contributed by atoms with Gasteiger partial charge in [0.2, 0.25) is 5.91 Å². The van der Waals surface area contributed by atoms with Crippen LogP contribution in [0.15, 0.2) is 30.3 Å². The van der Waals surface area contributed by atoms with Crippen molar-refractivity contribution in [3.8, 4) is 0 Å². The van der Waals surface area contributed by atoms with Crippen LogP contribution in [0, 0.1) is 5.41 Å². The molecule has 1 saturated heterocycles. The van der Waals surface area contributed by atoms with E-state index in [1.54, 1.807) is 0 Å². The lowest BCUT2D eigenvalue weighted by Gasteiger charge is -2.41. The van der Waals surface area contributed by atoms with Gasteiger partial charge in [-0.2, -0.15) is 0 Å². The fraction of sp³-hybridized carbons (Fsp3) is 0.650. The fourth-order valence-electron chi connectivity index (χ4n) is 3.92. The molecule has 2 rings (SSSR count). The monoisotopic (exact) mass is 317 g/mol. The lowest BCUT2D eigenvalue weighted by Crippen LogP contribution is -2.55. The molecule has 1 fully saturated rings. The van der Waals surface area contributed by atoms with Crippen LogP contribution in [-0.4, -0.2) is 24.7 Å². The Morgan fingerprint density at radius 1 is 1.09 bits per heavy atom. The average molecular weight is 317 g/mol. The van der Waals surface area contributed by atoms with Gasteiger partial charge in [-0.05, 0) is 44.1 Å². The summed E-state index contributed by atoms with van der Waals surface area (Å²) in [6.45, 7) is 12.2. The van der Waals surface area contributed by atoms with Crippen molar-refractivity contribution in [2.45, 2.75) is 64.8 Å². The molecule has 3 heteroatoms. The Kier molecular flexibility index (Phi) is 5.20. The minimum absolute atomic E-state index is 0.140. The average Bonchev–Trinajstić information content (AvgIpc) is 2.45. The van der Waals surface area contributed by atoms with Crippen LogP contribution < -0.4 is 5.32 Å². The number of carbonyl (C=O) groups excluding carboxylic acids is 1. The number of benzene rings is 1. The first-order valence-electron chi connectivity index (χ1n) is 8.61. The number of nitrogens with one attached hydrogen (secondary N) is 1. The number of ether oxygens (including phenoxy) is 1. The van der Waals surface area contributed by atoms with Crippen LogP contribution in [0.4, 0.5) is 0 Å². The third-order valence-corrected chi connectivity index (χ3v) is 4.53. The summed E-state index contributed by atoms with van der Waals surface area (Å²) >= 11 is 0. The molecule has 0 saturated carbocycles. The van der Waals surface area contributed by atoms with Gasteiger partial charge < -0.3 is 10.1 Å². The maximum atomic E-state index is 13.3. The zero-order valence-corrected chi connectivity index (χ0v) is 15.2. The summed E-state index contributed by atoms with van der Waals surface area (Å²) in [6.07, 6.45) is 2.43. The first-order chi connectivity index (χ1) is 10.6. The maximum absolute atomic E-state index is 13.3. The van der Waals surface area contributed by atoms with E-state index in [1.165, 1.54) is 0 Å². The van der Waals surface area contributed by atoms with Gasteiger partial charge in [-0.3, -0.25) is 4.79 Å². The van der Waals surface area contributed by atoms with Gasteiger partial charge in [-0.25, -0.2) is 0 Å². The predicted molar refractivity (Wildman–Crippen MR) is 94.5 cm³/mol. The SMILES string of the molecule is CC(C)(C)CC(C)(C)NC(=O)C1(c2ccccc2)CCOCC1. The van der Waals surface area contributed by atoms with Crippen LogP contribution in [0.3, 0.4) is 0 Å². The van der Waals surface area contributed by atoms with Gasteiger partial charge >= 0.3 is 0 Å². The molecule has 1 aromatic rings. The van der Waals surface area contributed by atoms with Crippen molar-refractivity contribution in [1.82, 2.24) is 5.32 Å². The number of amides is 1. The molecule has 0 bridgehead atoms. The van der Waals surface area contributed by atoms with Gasteiger partial charge in [0.15, 0.2) is 0 Å². The number of hydrogen-bond acceptors (Lipinski definition) is 2. The van der Waals surface area contributed by atoms with Gasteiger partial charge in [-0.1, -0.05) is 51.1 Å². The van der Waals surface area contributed by atoms with Crippen molar-refractivity contribution in [3.63, 3.8) is 0 Å². The molecule has 128 valence electrons. The minimum atomic E-state index is -0.464. The topological polar surface area (TPSA) is 38.3 Å². The van der Waals surface area contributed by atoms with Crippen LogP contribution in [0.1, 0.15) is 59.4 Å². The highest BCUT2D eigenvalue weighted by molar-refractivity contribution is 5.89. The molecule has 1 heterocycles. The molecule has 0 radical (unpaired) electrons. The normalized spacial score (nSPS) is 18.5. The summed E-state index contributed by atoms with van der Waals surface area (Å²) in [4.78, 5) is 13.3. The molecule has 0 atom stereocenters. The van der Waals surface area contributed by atoms with E-state index >= 15 is 0 Å². The first kappa shape index (κ1) is 18.0. The van der Waals surface area contributed by atoms with E-state index in [0.29, 0.717) is 13.2 Å². The molecular formula is C20H31NO2. The predicted octanol–water partition coefficient (Wildman–Crippen LogP) is 4.07. The summed E-state index contributed by atoms with van der Waals surface area (Å²) in [5, 5.41) is 3.33. The molecule has 0 aromatic heterocycles. The lowest BCUT2D eigenvalue weighted by molar-refractivity contribution is -0.132. The van der Waals surface area contributed by atoms with Crippen LogP contribution in [0.2, 0.25) is 0 Å². The van der Waals surface area contributed by atoms with E-state index in [9.17, 15) is 4.79 Å². The molecular weight excluding hydrogens is 286 g/mol. The summed E-state index contributed by atoms with van der Waals surface area (Å²) in [5.74, 6) is 0.140. The van der Waals surface area contributed by atoms with E-state index in [4.69, 9.17) is 4.74 Å². The van der Waals surface area contributed by atoms with Crippen molar-refractivity contribution < 1.29 is 9.53 Å². The van der Waals surface area contributed by atoms with Gasteiger partial charge in [0.05, 0.1) is 5.41 Å². The summed E-state index contributed by atoms with van der Waals surface area (Å²) in [6, 6.07) is 10.2. The second kappa shape index (κ2) is 6.64. The highest BCUT2D eigenvalue weighted by Crippen LogP contribution is 2.36. The molecule has 1 N–H and O–H groups in total. The van der Waals surface area contributed by atoms with Crippen LogP contribution >= 0.6 is 0 Å². The van der Waals surface area contributed by atoms with E-state index < -0.39 is 5.41 Å². The van der Waals surface area contributed by atoms with Gasteiger partial charge in [0.25, 0.3) is 0 Å². The van der Waals surface area contributed by atoms with Gasteiger partial charge in [0.1, 0.15) is 0 Å². The smallest absolute Gasteiger partial charge is 0.231 e. The zero-order valence-electron chi connectivity index (χ0n) is 15.2. The van der Waals surface area contributed by atoms with Crippen LogP contribution in [0.25, 0.3) is 0 Å². The molecule has 1 aliphatic rings. The third-order valence-electron chi connectivity index (χ3n) is 4.53. The van der Waals surface area contributed by atoms with Crippen molar-refractivity contribution in [3.05, 3.63) is 35.9 Å². The lowest BCUT2D eigenvalue weighted by atomic mass is 9.72. The minimum Gasteiger partial charge on any atom is -0.381 e. The number of rotatable bonds is 4. The molecule has 23 heavy (non-hydrogen) atoms. The van der Waals surface area contributed by atoms with E-state index in [2.05, 4.69) is 52.1 Å². The molecule has 0 unspecified atom stereocenters. The van der Waals surface area contributed by atoms with Crippen molar-refractivity contribution in [2.75, 3.05) is 13.2 Å². The van der Waals surface area contributed by atoms with E-state index in [1.807, 2.05) is 18.2 Å². The van der Waals surface area contributed by atoms with Gasteiger partial charge in [0, 0.05) is 18.8 Å². The Bertz CT molecular complexity index is 522. The Morgan fingerprint density at radius 2 is 1.65 bits per heavy atom. The first-order valence-corrected chi connectivity index (χ1v) is 8.61. The molecule has 1 aromatic carbocycles. The van der Waals surface area contributed by atoms with Crippen molar-refractivity contribution in [2.24, 2.45) is 5.41 Å². The summed E-state index contributed by atoms with van der Waals surface area (Å²) in [5.41, 5.74) is 0.587. The third kappa shape index (κ3) is 4.57. The highest BCUT2D eigenvalue weighted by Gasteiger charge is 2.43.